The van der Waals surface area contributed by atoms with Crippen LogP contribution >= 0.6 is 0 Å². The molecule has 1 N–H and O–H groups in total. The zero-order valence-corrected chi connectivity index (χ0v) is 18.1. The van der Waals surface area contributed by atoms with Crippen molar-refractivity contribution < 1.29 is 14.3 Å². The summed E-state index contributed by atoms with van der Waals surface area (Å²) in [6.07, 6.45) is 3.40. The molecule has 0 bridgehead atoms. The number of carbonyl (C=O) groups excluding carboxylic acids is 2. The second-order valence-corrected chi connectivity index (χ2v) is 8.53. The topological polar surface area (TPSA) is 61.9 Å². The van der Waals surface area contributed by atoms with Crippen molar-refractivity contribution >= 4 is 17.5 Å². The summed E-state index contributed by atoms with van der Waals surface area (Å²) in [5.41, 5.74) is 2.21. The van der Waals surface area contributed by atoms with Gasteiger partial charge in [-0.2, -0.15) is 0 Å². The van der Waals surface area contributed by atoms with Gasteiger partial charge in [0.05, 0.1) is 0 Å². The Balaban J connectivity index is 1.20. The van der Waals surface area contributed by atoms with E-state index in [9.17, 15) is 9.59 Å². The molecule has 0 spiro atoms. The van der Waals surface area contributed by atoms with Crippen molar-refractivity contribution in [2.45, 2.75) is 51.2 Å². The Hall–Kier alpha value is -2.86. The van der Waals surface area contributed by atoms with Crippen molar-refractivity contribution in [1.82, 2.24) is 10.2 Å². The van der Waals surface area contributed by atoms with E-state index in [1.54, 1.807) is 4.90 Å². The van der Waals surface area contributed by atoms with Gasteiger partial charge < -0.3 is 15.0 Å². The van der Waals surface area contributed by atoms with Crippen LogP contribution in [0.3, 0.4) is 0 Å². The lowest BCUT2D eigenvalue weighted by Gasteiger charge is -2.38. The predicted molar refractivity (Wildman–Crippen MR) is 121 cm³/mol. The van der Waals surface area contributed by atoms with Crippen LogP contribution in [0.15, 0.2) is 54.6 Å². The molecular formula is C25H31N3O3. The van der Waals surface area contributed by atoms with Crippen molar-refractivity contribution in [2.24, 2.45) is 0 Å². The molecule has 2 saturated heterocycles. The molecule has 2 heterocycles. The highest BCUT2D eigenvalue weighted by Crippen LogP contribution is 2.24. The fraction of sp³-hybridized carbons (Fsp3) is 0.440. The monoisotopic (exact) mass is 421 g/mol. The summed E-state index contributed by atoms with van der Waals surface area (Å²) in [5, 5.41) is 3.12. The average Bonchev–Trinajstić information content (AvgIpc) is 3.21. The number of nitrogens with one attached hydrogen (secondary N) is 1. The van der Waals surface area contributed by atoms with Crippen LogP contribution in [0.4, 0.5) is 5.69 Å². The maximum Gasteiger partial charge on any atom is 0.258 e. The molecule has 0 aliphatic carbocycles. The van der Waals surface area contributed by atoms with Crippen LogP contribution in [-0.2, 0) is 16.1 Å². The van der Waals surface area contributed by atoms with E-state index >= 15 is 0 Å². The molecule has 31 heavy (non-hydrogen) atoms. The number of nitrogens with zero attached hydrogens (tertiary/aromatic N) is 2. The van der Waals surface area contributed by atoms with E-state index < -0.39 is 0 Å². The first kappa shape index (κ1) is 21.4. The molecule has 6 heteroatoms. The zero-order chi connectivity index (χ0) is 21.6. The lowest BCUT2D eigenvalue weighted by Crippen LogP contribution is -2.49. The van der Waals surface area contributed by atoms with Gasteiger partial charge in [0.15, 0.2) is 6.61 Å². The molecule has 2 aromatic rings. The Labute approximate surface area is 184 Å². The van der Waals surface area contributed by atoms with Gasteiger partial charge in [0.1, 0.15) is 5.75 Å². The fourth-order valence-electron chi connectivity index (χ4n) is 4.47. The van der Waals surface area contributed by atoms with Crippen molar-refractivity contribution in [3.8, 4) is 5.75 Å². The third-order valence-corrected chi connectivity index (χ3v) is 6.20. The molecule has 164 valence electrons. The Morgan fingerprint density at radius 2 is 1.87 bits per heavy atom. The SMILES string of the molecule is C[C@@H]1C[C@H](NC(=O)COc2ccc(N3CCCC3=O)cc2)CCN1Cc1ccccc1. The summed E-state index contributed by atoms with van der Waals surface area (Å²) in [7, 11) is 0. The summed E-state index contributed by atoms with van der Waals surface area (Å²) >= 11 is 0. The van der Waals surface area contributed by atoms with E-state index in [0.717, 1.165) is 44.6 Å². The van der Waals surface area contributed by atoms with Gasteiger partial charge in [-0.15, -0.1) is 0 Å². The van der Waals surface area contributed by atoms with Gasteiger partial charge in [0.2, 0.25) is 5.91 Å². The standard InChI is InChI=1S/C25H31N3O3/c1-19-16-21(13-15-27(19)17-20-6-3-2-4-7-20)26-24(29)18-31-23-11-9-22(10-12-23)28-14-5-8-25(28)30/h2-4,6-7,9-12,19,21H,5,8,13-18H2,1H3,(H,26,29)/t19-,21-/m1/s1. The lowest BCUT2D eigenvalue weighted by atomic mass is 9.97. The van der Waals surface area contributed by atoms with Crippen LogP contribution in [0.2, 0.25) is 0 Å². The van der Waals surface area contributed by atoms with Crippen LogP contribution in [0.25, 0.3) is 0 Å². The number of hydrogen-bond donors (Lipinski definition) is 1. The number of piperidine rings is 1. The van der Waals surface area contributed by atoms with Gasteiger partial charge in [-0.05, 0) is 56.0 Å². The molecule has 2 aliphatic rings. The molecule has 2 aliphatic heterocycles. The number of benzene rings is 2. The molecule has 2 aromatic carbocycles. The normalized spacial score (nSPS) is 21.8. The van der Waals surface area contributed by atoms with Gasteiger partial charge in [-0.1, -0.05) is 30.3 Å². The van der Waals surface area contributed by atoms with E-state index in [-0.39, 0.29) is 24.5 Å². The number of hydrogen-bond acceptors (Lipinski definition) is 4. The second kappa shape index (κ2) is 9.96. The molecule has 0 unspecified atom stereocenters. The first-order chi connectivity index (χ1) is 15.1. The number of amides is 2. The summed E-state index contributed by atoms with van der Waals surface area (Å²) < 4.78 is 5.65. The number of carbonyl (C=O) groups is 2. The predicted octanol–water partition coefficient (Wildman–Crippen LogP) is 3.36. The van der Waals surface area contributed by atoms with Crippen LogP contribution in [0.5, 0.6) is 5.75 Å². The Morgan fingerprint density at radius 1 is 1.10 bits per heavy atom. The van der Waals surface area contributed by atoms with Crippen molar-refractivity contribution in [1.29, 1.82) is 0 Å². The highest BCUT2D eigenvalue weighted by atomic mass is 16.5. The number of likely N-dealkylation sites (tertiary alicyclic amines) is 1. The van der Waals surface area contributed by atoms with Crippen LogP contribution in [-0.4, -0.2) is 48.5 Å². The Bertz CT molecular complexity index is 885. The highest BCUT2D eigenvalue weighted by molar-refractivity contribution is 5.95. The third kappa shape index (κ3) is 5.64. The summed E-state index contributed by atoms with van der Waals surface area (Å²) in [4.78, 5) is 28.5. The van der Waals surface area contributed by atoms with Crippen molar-refractivity contribution in [3.63, 3.8) is 0 Å². The van der Waals surface area contributed by atoms with Crippen LogP contribution in [0.1, 0.15) is 38.2 Å². The quantitative estimate of drug-likeness (QED) is 0.745. The van der Waals surface area contributed by atoms with Crippen molar-refractivity contribution in [3.05, 3.63) is 60.2 Å². The van der Waals surface area contributed by atoms with Gasteiger partial charge >= 0.3 is 0 Å². The minimum Gasteiger partial charge on any atom is -0.484 e. The first-order valence-electron chi connectivity index (χ1n) is 11.2. The molecule has 2 atom stereocenters. The molecule has 0 saturated carbocycles. The molecule has 4 rings (SSSR count). The maximum absolute atomic E-state index is 12.4. The van der Waals surface area contributed by atoms with E-state index in [4.69, 9.17) is 4.74 Å². The summed E-state index contributed by atoms with van der Waals surface area (Å²) in [5.74, 6) is 0.709. The average molecular weight is 422 g/mol. The molecular weight excluding hydrogens is 390 g/mol. The van der Waals surface area contributed by atoms with E-state index in [2.05, 4.69) is 41.4 Å². The molecule has 2 amide bonds. The number of rotatable bonds is 7. The Kier molecular flexibility index (Phi) is 6.87. The third-order valence-electron chi connectivity index (χ3n) is 6.20. The summed E-state index contributed by atoms with van der Waals surface area (Å²) in [6, 6.07) is 18.5. The van der Waals surface area contributed by atoms with Crippen LogP contribution in [0, 0.1) is 0 Å². The maximum atomic E-state index is 12.4. The van der Waals surface area contributed by atoms with Gasteiger partial charge in [0, 0.05) is 43.8 Å². The van der Waals surface area contributed by atoms with Gasteiger partial charge in [-0.25, -0.2) is 0 Å². The lowest BCUT2D eigenvalue weighted by molar-refractivity contribution is -0.124. The molecule has 0 radical (unpaired) electrons. The Morgan fingerprint density at radius 3 is 2.55 bits per heavy atom. The van der Waals surface area contributed by atoms with E-state index in [0.29, 0.717) is 18.2 Å². The van der Waals surface area contributed by atoms with Crippen LogP contribution < -0.4 is 15.0 Å². The largest absolute Gasteiger partial charge is 0.484 e. The number of anilines is 1. The molecule has 6 nitrogen and oxygen atoms in total. The first-order valence-corrected chi connectivity index (χ1v) is 11.2. The van der Waals surface area contributed by atoms with Crippen molar-refractivity contribution in [2.75, 3.05) is 24.6 Å². The van der Waals surface area contributed by atoms with E-state index in [1.165, 1.54) is 5.56 Å². The van der Waals surface area contributed by atoms with Gasteiger partial charge in [-0.3, -0.25) is 14.5 Å². The van der Waals surface area contributed by atoms with Gasteiger partial charge in [0.25, 0.3) is 5.91 Å². The smallest absolute Gasteiger partial charge is 0.258 e. The number of ether oxygens (including phenoxy) is 1. The minimum absolute atomic E-state index is 0.000597. The summed E-state index contributed by atoms with van der Waals surface area (Å²) in [6.45, 7) is 4.92. The molecule has 0 aromatic heterocycles. The minimum atomic E-state index is -0.0903. The zero-order valence-electron chi connectivity index (χ0n) is 18.1. The molecule has 2 fully saturated rings. The highest BCUT2D eigenvalue weighted by Gasteiger charge is 2.26. The van der Waals surface area contributed by atoms with E-state index in [1.807, 2.05) is 30.3 Å². The second-order valence-electron chi connectivity index (χ2n) is 8.53. The fourth-order valence-corrected chi connectivity index (χ4v) is 4.47.